The zero-order valence-corrected chi connectivity index (χ0v) is 20.3. The maximum Gasteiger partial charge on any atom is 0.416 e. The number of hydrogen-bond donors (Lipinski definition) is 1. The molecule has 1 amide bonds. The van der Waals surface area contributed by atoms with E-state index in [1.165, 1.54) is 6.07 Å². The predicted molar refractivity (Wildman–Crippen MR) is 137 cm³/mol. The minimum atomic E-state index is -4.43. The number of rotatable bonds is 10. The van der Waals surface area contributed by atoms with Crippen LogP contribution in [0.1, 0.15) is 17.5 Å². The fourth-order valence-electron chi connectivity index (χ4n) is 3.93. The molecule has 0 spiro atoms. The summed E-state index contributed by atoms with van der Waals surface area (Å²) < 4.78 is 44.2. The normalized spacial score (nSPS) is 11.5. The summed E-state index contributed by atoms with van der Waals surface area (Å²) in [5.41, 5.74) is 1.30. The Morgan fingerprint density at radius 1 is 0.946 bits per heavy atom. The van der Waals surface area contributed by atoms with Crippen LogP contribution < -0.4 is 10.2 Å². The van der Waals surface area contributed by atoms with Crippen LogP contribution in [0, 0.1) is 0 Å². The largest absolute Gasteiger partial charge is 0.416 e. The number of hydrogen-bond acceptors (Lipinski definition) is 5. The van der Waals surface area contributed by atoms with E-state index in [9.17, 15) is 18.0 Å². The van der Waals surface area contributed by atoms with Gasteiger partial charge in [0, 0.05) is 44.1 Å². The Balaban J connectivity index is 1.52. The highest BCUT2D eigenvalue weighted by Gasteiger charge is 2.30. The van der Waals surface area contributed by atoms with Gasteiger partial charge in [-0.25, -0.2) is 9.97 Å². The van der Waals surface area contributed by atoms with Crippen molar-refractivity contribution < 1.29 is 22.7 Å². The number of alkyl halides is 3. The summed E-state index contributed by atoms with van der Waals surface area (Å²) in [5.74, 6) is 0.986. The van der Waals surface area contributed by atoms with Crippen LogP contribution in [0.3, 0.4) is 0 Å². The van der Waals surface area contributed by atoms with Crippen molar-refractivity contribution in [3.05, 3.63) is 90.0 Å². The Morgan fingerprint density at radius 3 is 2.46 bits per heavy atom. The van der Waals surface area contributed by atoms with Crippen molar-refractivity contribution in [2.45, 2.75) is 19.1 Å². The second-order valence-corrected chi connectivity index (χ2v) is 8.46. The molecule has 1 heterocycles. The Labute approximate surface area is 213 Å². The van der Waals surface area contributed by atoms with Crippen LogP contribution >= 0.6 is 0 Å². The van der Waals surface area contributed by atoms with Crippen LogP contribution in [0.4, 0.5) is 19.0 Å². The van der Waals surface area contributed by atoms with Gasteiger partial charge in [-0.15, -0.1) is 0 Å². The highest BCUT2D eigenvalue weighted by molar-refractivity contribution is 5.91. The van der Waals surface area contributed by atoms with Gasteiger partial charge in [-0.1, -0.05) is 54.6 Å². The van der Waals surface area contributed by atoms with E-state index in [-0.39, 0.29) is 18.9 Å². The summed E-state index contributed by atoms with van der Waals surface area (Å²) in [6.07, 6.45) is -4.30. The lowest BCUT2D eigenvalue weighted by molar-refractivity contribution is -0.137. The number of carbonyl (C=O) groups is 1. The van der Waals surface area contributed by atoms with Crippen LogP contribution in [-0.4, -0.2) is 42.7 Å². The van der Waals surface area contributed by atoms with Gasteiger partial charge in [-0.05, 0) is 29.8 Å². The Morgan fingerprint density at radius 2 is 1.70 bits per heavy atom. The first kappa shape index (κ1) is 26.1. The van der Waals surface area contributed by atoms with E-state index >= 15 is 0 Å². The molecule has 6 nitrogen and oxygen atoms in total. The standard InChI is InChI=1S/C28H27F3N4O2/c1-37-17-16-35(15-14-25(36)32-19-20-8-7-11-22(18-20)28(29,30)31)27-23-12-5-6-13-24(23)33-26(34-27)21-9-3-2-4-10-21/h2-13,18H,14-17,19H2,1H3,(H,32,36). The third-order valence-electron chi connectivity index (χ3n) is 5.83. The molecule has 0 bridgehead atoms. The van der Waals surface area contributed by atoms with Crippen molar-refractivity contribution in [1.82, 2.24) is 15.3 Å². The van der Waals surface area contributed by atoms with Crippen molar-refractivity contribution in [1.29, 1.82) is 0 Å². The van der Waals surface area contributed by atoms with Gasteiger partial charge in [0.05, 0.1) is 17.7 Å². The molecule has 0 aliphatic carbocycles. The molecule has 37 heavy (non-hydrogen) atoms. The lowest BCUT2D eigenvalue weighted by Gasteiger charge is -2.25. The Hall–Kier alpha value is -3.98. The second-order valence-electron chi connectivity index (χ2n) is 8.46. The zero-order chi connectivity index (χ0) is 26.3. The Kier molecular flexibility index (Phi) is 8.35. The van der Waals surface area contributed by atoms with Crippen LogP contribution in [0.2, 0.25) is 0 Å². The van der Waals surface area contributed by atoms with Crippen LogP contribution in [0.5, 0.6) is 0 Å². The zero-order valence-electron chi connectivity index (χ0n) is 20.3. The third kappa shape index (κ3) is 6.83. The van der Waals surface area contributed by atoms with Gasteiger partial charge in [-0.2, -0.15) is 13.2 Å². The fourth-order valence-corrected chi connectivity index (χ4v) is 3.93. The summed E-state index contributed by atoms with van der Waals surface area (Å²) in [7, 11) is 1.60. The number of aromatic nitrogens is 2. The van der Waals surface area contributed by atoms with Gasteiger partial charge in [0.2, 0.25) is 5.91 Å². The highest BCUT2D eigenvalue weighted by Crippen LogP contribution is 2.30. The third-order valence-corrected chi connectivity index (χ3v) is 5.83. The molecule has 0 aliphatic rings. The molecule has 0 radical (unpaired) electrons. The number of para-hydroxylation sites is 1. The fraction of sp³-hybridized carbons (Fsp3) is 0.250. The van der Waals surface area contributed by atoms with Crippen molar-refractivity contribution in [3.63, 3.8) is 0 Å². The number of carbonyl (C=O) groups excluding carboxylic acids is 1. The monoisotopic (exact) mass is 508 g/mol. The molecule has 0 unspecified atom stereocenters. The smallest absolute Gasteiger partial charge is 0.383 e. The number of methoxy groups -OCH3 is 1. The van der Waals surface area contributed by atoms with Crippen LogP contribution in [0.25, 0.3) is 22.3 Å². The van der Waals surface area contributed by atoms with E-state index in [4.69, 9.17) is 14.7 Å². The lowest BCUT2D eigenvalue weighted by Crippen LogP contribution is -2.33. The number of amides is 1. The van der Waals surface area contributed by atoms with E-state index in [2.05, 4.69) is 5.32 Å². The molecular formula is C28H27F3N4O2. The SMILES string of the molecule is COCCN(CCC(=O)NCc1cccc(C(F)(F)F)c1)c1nc(-c2ccccc2)nc2ccccc12. The molecule has 3 aromatic carbocycles. The molecule has 4 aromatic rings. The minimum absolute atomic E-state index is 0.00934. The molecule has 0 atom stereocenters. The first-order valence-corrected chi connectivity index (χ1v) is 11.8. The molecule has 4 rings (SSSR count). The number of anilines is 1. The number of fused-ring (bicyclic) bond motifs is 1. The number of benzene rings is 3. The van der Waals surface area contributed by atoms with Gasteiger partial charge >= 0.3 is 6.18 Å². The van der Waals surface area contributed by atoms with Gasteiger partial charge in [-0.3, -0.25) is 4.79 Å². The van der Waals surface area contributed by atoms with Crippen molar-refractivity contribution >= 4 is 22.6 Å². The lowest BCUT2D eigenvalue weighted by atomic mass is 10.1. The van der Waals surface area contributed by atoms with E-state index in [1.807, 2.05) is 59.5 Å². The van der Waals surface area contributed by atoms with E-state index in [0.29, 0.717) is 36.9 Å². The van der Waals surface area contributed by atoms with Crippen molar-refractivity contribution in [3.8, 4) is 11.4 Å². The summed E-state index contributed by atoms with van der Waals surface area (Å²) >= 11 is 0. The summed E-state index contributed by atoms with van der Waals surface area (Å²) in [4.78, 5) is 24.2. The molecule has 1 aromatic heterocycles. The van der Waals surface area contributed by atoms with E-state index < -0.39 is 11.7 Å². The molecule has 0 saturated heterocycles. The van der Waals surface area contributed by atoms with Gasteiger partial charge in [0.15, 0.2) is 5.82 Å². The maximum absolute atomic E-state index is 13.0. The highest BCUT2D eigenvalue weighted by atomic mass is 19.4. The molecule has 0 saturated carbocycles. The van der Waals surface area contributed by atoms with Crippen LogP contribution in [0.15, 0.2) is 78.9 Å². The first-order chi connectivity index (χ1) is 17.8. The minimum Gasteiger partial charge on any atom is -0.383 e. The molecular weight excluding hydrogens is 481 g/mol. The topological polar surface area (TPSA) is 67.3 Å². The summed E-state index contributed by atoms with van der Waals surface area (Å²) in [6, 6.07) is 22.3. The van der Waals surface area contributed by atoms with Gasteiger partial charge in [0.25, 0.3) is 0 Å². The van der Waals surface area contributed by atoms with Crippen molar-refractivity contribution in [2.24, 2.45) is 0 Å². The molecule has 0 fully saturated rings. The summed E-state index contributed by atoms with van der Waals surface area (Å²) in [6.45, 7) is 1.26. The van der Waals surface area contributed by atoms with E-state index in [0.717, 1.165) is 28.6 Å². The first-order valence-electron chi connectivity index (χ1n) is 11.8. The molecule has 192 valence electrons. The Bertz CT molecular complexity index is 1350. The number of nitrogens with one attached hydrogen (secondary N) is 1. The molecule has 0 aliphatic heterocycles. The molecule has 1 N–H and O–H groups in total. The average molecular weight is 509 g/mol. The second kappa shape index (κ2) is 11.8. The predicted octanol–water partition coefficient (Wildman–Crippen LogP) is 5.47. The van der Waals surface area contributed by atoms with E-state index in [1.54, 1.807) is 13.2 Å². The number of ether oxygens (including phenoxy) is 1. The summed E-state index contributed by atoms with van der Waals surface area (Å²) in [5, 5.41) is 3.57. The average Bonchev–Trinajstić information content (AvgIpc) is 2.91. The number of nitrogens with zero attached hydrogens (tertiary/aromatic N) is 3. The van der Waals surface area contributed by atoms with Crippen LogP contribution in [-0.2, 0) is 22.3 Å². The quantitative estimate of drug-likeness (QED) is 0.308. The maximum atomic E-state index is 13.0. The van der Waals surface area contributed by atoms with Gasteiger partial charge in [0.1, 0.15) is 5.82 Å². The molecule has 9 heteroatoms. The van der Waals surface area contributed by atoms with Gasteiger partial charge < -0.3 is 15.0 Å². The van der Waals surface area contributed by atoms with Crippen molar-refractivity contribution in [2.75, 3.05) is 31.7 Å². The number of halogens is 3.